The zero-order chi connectivity index (χ0) is 21.3. The quantitative estimate of drug-likeness (QED) is 0.587. The number of benzene rings is 1. The molecule has 0 atom stereocenters. The number of ether oxygens (including phenoxy) is 1. The van der Waals surface area contributed by atoms with Crippen molar-refractivity contribution in [1.82, 2.24) is 9.78 Å². The summed E-state index contributed by atoms with van der Waals surface area (Å²) in [7, 11) is 0. The molecule has 4 rings (SSSR count). The Labute approximate surface area is 181 Å². The van der Waals surface area contributed by atoms with Gasteiger partial charge in [0.25, 0.3) is 5.56 Å². The van der Waals surface area contributed by atoms with Crippen LogP contribution in [0.1, 0.15) is 43.1 Å². The number of fused-ring (bicyclic) bond motifs is 1. The summed E-state index contributed by atoms with van der Waals surface area (Å²) in [6.07, 6.45) is 3.76. The molecule has 1 amide bonds. The Morgan fingerprint density at radius 3 is 2.63 bits per heavy atom. The highest BCUT2D eigenvalue weighted by Gasteiger charge is 2.26. The maximum Gasteiger partial charge on any atom is 0.359 e. The molecule has 1 saturated carbocycles. The summed E-state index contributed by atoms with van der Waals surface area (Å²) >= 11 is 7.16. The van der Waals surface area contributed by atoms with Crippen molar-refractivity contribution in [2.45, 2.75) is 32.6 Å². The van der Waals surface area contributed by atoms with Crippen molar-refractivity contribution in [1.29, 1.82) is 0 Å². The number of thiophene rings is 1. The molecule has 0 unspecified atom stereocenters. The van der Waals surface area contributed by atoms with Crippen molar-refractivity contribution in [2.24, 2.45) is 5.92 Å². The van der Waals surface area contributed by atoms with Crippen molar-refractivity contribution < 1.29 is 14.3 Å². The van der Waals surface area contributed by atoms with Crippen LogP contribution < -0.4 is 10.9 Å². The third-order valence-corrected chi connectivity index (χ3v) is 6.30. The second kappa shape index (κ2) is 8.57. The lowest BCUT2D eigenvalue weighted by Gasteiger charge is -2.11. The lowest BCUT2D eigenvalue weighted by Crippen LogP contribution is -2.26. The predicted molar refractivity (Wildman–Crippen MR) is 117 cm³/mol. The van der Waals surface area contributed by atoms with Gasteiger partial charge in [0.1, 0.15) is 5.00 Å². The molecule has 1 aliphatic carbocycles. The first-order valence-electron chi connectivity index (χ1n) is 9.78. The van der Waals surface area contributed by atoms with Crippen molar-refractivity contribution in [3.05, 3.63) is 50.7 Å². The molecule has 1 fully saturated rings. The normalized spacial score (nSPS) is 14.2. The SMILES string of the molecule is CCOC(=O)c1nn(-c2ccc(Cl)cc2)c(=O)c2c(NC(=O)C3CCCC3)scc12. The number of rotatable bonds is 5. The van der Waals surface area contributed by atoms with Gasteiger partial charge in [-0.1, -0.05) is 24.4 Å². The summed E-state index contributed by atoms with van der Waals surface area (Å²) in [5.41, 5.74) is 0.0541. The fourth-order valence-corrected chi connectivity index (χ4v) is 4.72. The van der Waals surface area contributed by atoms with Gasteiger partial charge in [0.15, 0.2) is 5.69 Å². The number of carbonyl (C=O) groups excluding carboxylic acids is 2. The number of nitrogens with zero attached hydrogens (tertiary/aromatic N) is 2. The summed E-state index contributed by atoms with van der Waals surface area (Å²) in [5, 5.41) is 10.4. The number of hydrogen-bond acceptors (Lipinski definition) is 6. The van der Waals surface area contributed by atoms with E-state index in [1.165, 1.54) is 11.3 Å². The van der Waals surface area contributed by atoms with Gasteiger partial charge in [-0.05, 0) is 44.0 Å². The maximum absolute atomic E-state index is 13.3. The lowest BCUT2D eigenvalue weighted by molar-refractivity contribution is -0.119. The minimum Gasteiger partial charge on any atom is -0.461 e. The van der Waals surface area contributed by atoms with Gasteiger partial charge < -0.3 is 10.1 Å². The summed E-state index contributed by atoms with van der Waals surface area (Å²) in [6.45, 7) is 1.88. The van der Waals surface area contributed by atoms with Gasteiger partial charge in [-0.2, -0.15) is 9.78 Å². The Balaban J connectivity index is 1.86. The second-order valence-electron chi connectivity index (χ2n) is 7.09. The topological polar surface area (TPSA) is 90.3 Å². The first kappa shape index (κ1) is 20.6. The lowest BCUT2D eigenvalue weighted by atomic mass is 10.1. The summed E-state index contributed by atoms with van der Waals surface area (Å²) in [5.74, 6) is -0.771. The van der Waals surface area contributed by atoms with E-state index in [1.54, 1.807) is 36.6 Å². The van der Waals surface area contributed by atoms with Crippen LogP contribution in [0.15, 0.2) is 34.4 Å². The zero-order valence-corrected chi connectivity index (χ0v) is 17.9. The zero-order valence-electron chi connectivity index (χ0n) is 16.3. The van der Waals surface area contributed by atoms with Crippen molar-refractivity contribution >= 4 is 50.6 Å². The molecule has 30 heavy (non-hydrogen) atoms. The maximum atomic E-state index is 13.3. The molecular formula is C21H20ClN3O4S. The average molecular weight is 446 g/mol. The summed E-state index contributed by atoms with van der Waals surface area (Å²) < 4.78 is 6.28. The van der Waals surface area contributed by atoms with E-state index < -0.39 is 11.5 Å². The number of nitrogens with one attached hydrogen (secondary N) is 1. The molecule has 0 bridgehead atoms. The van der Waals surface area contributed by atoms with Crippen molar-refractivity contribution in [3.8, 4) is 5.69 Å². The number of esters is 1. The van der Waals surface area contributed by atoms with E-state index >= 15 is 0 Å². The highest BCUT2D eigenvalue weighted by Crippen LogP contribution is 2.33. The molecule has 0 aliphatic heterocycles. The van der Waals surface area contributed by atoms with E-state index in [0.717, 1.165) is 30.4 Å². The van der Waals surface area contributed by atoms with Gasteiger partial charge in [0.05, 0.1) is 17.7 Å². The molecule has 1 aliphatic rings. The standard InChI is InChI=1S/C21H20ClN3O4S/c1-2-29-21(28)17-15-11-30-19(23-18(26)12-5-3-4-6-12)16(15)20(27)25(24-17)14-9-7-13(22)8-10-14/h7-12H,2-6H2,1H3,(H,23,26). The van der Waals surface area contributed by atoms with Crippen LogP contribution in [-0.4, -0.2) is 28.3 Å². The van der Waals surface area contributed by atoms with E-state index in [2.05, 4.69) is 10.4 Å². The van der Waals surface area contributed by atoms with E-state index in [0.29, 0.717) is 21.1 Å². The average Bonchev–Trinajstić information content (AvgIpc) is 3.40. The largest absolute Gasteiger partial charge is 0.461 e. The van der Waals surface area contributed by atoms with E-state index in [4.69, 9.17) is 16.3 Å². The van der Waals surface area contributed by atoms with Crippen LogP contribution in [0.3, 0.4) is 0 Å². The highest BCUT2D eigenvalue weighted by molar-refractivity contribution is 7.16. The molecule has 3 aromatic rings. The Hall–Kier alpha value is -2.71. The Bertz CT molecular complexity index is 1160. The molecule has 1 aromatic carbocycles. The molecule has 0 radical (unpaired) electrons. The van der Waals surface area contributed by atoms with Gasteiger partial charge >= 0.3 is 5.97 Å². The Kier molecular flexibility index (Phi) is 5.87. The van der Waals surface area contributed by atoms with Gasteiger partial charge in [-0.3, -0.25) is 9.59 Å². The van der Waals surface area contributed by atoms with Crippen LogP contribution >= 0.6 is 22.9 Å². The number of amides is 1. The number of hydrogen-bond donors (Lipinski definition) is 1. The minimum absolute atomic E-state index is 0.0269. The van der Waals surface area contributed by atoms with Crippen LogP contribution in [0.5, 0.6) is 0 Å². The molecule has 156 valence electrons. The number of carbonyl (C=O) groups is 2. The van der Waals surface area contributed by atoms with Crippen LogP contribution in [0.25, 0.3) is 16.5 Å². The fraction of sp³-hybridized carbons (Fsp3) is 0.333. The monoisotopic (exact) mass is 445 g/mol. The smallest absolute Gasteiger partial charge is 0.359 e. The second-order valence-corrected chi connectivity index (χ2v) is 8.40. The summed E-state index contributed by atoms with van der Waals surface area (Å²) in [6, 6.07) is 6.55. The van der Waals surface area contributed by atoms with Gasteiger partial charge in [-0.15, -0.1) is 11.3 Å². The van der Waals surface area contributed by atoms with Crippen LogP contribution in [0.2, 0.25) is 5.02 Å². The van der Waals surface area contributed by atoms with Crippen LogP contribution in [-0.2, 0) is 9.53 Å². The third-order valence-electron chi connectivity index (χ3n) is 5.16. The van der Waals surface area contributed by atoms with E-state index in [-0.39, 0.29) is 29.5 Å². The first-order valence-corrected chi connectivity index (χ1v) is 11.0. The van der Waals surface area contributed by atoms with Gasteiger partial charge in [-0.25, -0.2) is 4.79 Å². The minimum atomic E-state index is -0.628. The molecular weight excluding hydrogens is 426 g/mol. The Morgan fingerprint density at radius 2 is 1.97 bits per heavy atom. The van der Waals surface area contributed by atoms with Crippen molar-refractivity contribution in [3.63, 3.8) is 0 Å². The number of aromatic nitrogens is 2. The fourth-order valence-electron chi connectivity index (χ4n) is 3.65. The predicted octanol–water partition coefficient (Wildman–Crippen LogP) is 4.41. The molecule has 2 aromatic heterocycles. The van der Waals surface area contributed by atoms with Crippen LogP contribution in [0.4, 0.5) is 5.00 Å². The molecule has 7 nitrogen and oxygen atoms in total. The molecule has 2 heterocycles. The molecule has 1 N–H and O–H groups in total. The molecule has 9 heteroatoms. The number of anilines is 1. The van der Waals surface area contributed by atoms with Crippen LogP contribution in [0, 0.1) is 5.92 Å². The van der Waals surface area contributed by atoms with E-state index in [9.17, 15) is 14.4 Å². The van der Waals surface area contributed by atoms with Gasteiger partial charge in [0.2, 0.25) is 5.91 Å². The van der Waals surface area contributed by atoms with E-state index in [1.807, 2.05) is 0 Å². The van der Waals surface area contributed by atoms with Crippen molar-refractivity contribution in [2.75, 3.05) is 11.9 Å². The third kappa shape index (κ3) is 3.85. The highest BCUT2D eigenvalue weighted by atomic mass is 35.5. The molecule has 0 saturated heterocycles. The molecule has 0 spiro atoms. The first-order chi connectivity index (χ1) is 14.5. The summed E-state index contributed by atoms with van der Waals surface area (Å²) in [4.78, 5) is 38.5. The van der Waals surface area contributed by atoms with Gasteiger partial charge in [0, 0.05) is 21.7 Å². The number of halogens is 1. The Morgan fingerprint density at radius 1 is 1.27 bits per heavy atom.